The molecule has 6 heteroatoms. The van der Waals surface area contributed by atoms with E-state index in [-0.39, 0.29) is 17.0 Å². The van der Waals surface area contributed by atoms with E-state index in [2.05, 4.69) is 9.97 Å². The lowest BCUT2D eigenvalue weighted by Gasteiger charge is -2.03. The number of benzene rings is 2. The second-order valence-corrected chi connectivity index (χ2v) is 5.46. The van der Waals surface area contributed by atoms with Gasteiger partial charge in [0, 0.05) is 17.0 Å². The molecule has 4 rings (SSSR count). The van der Waals surface area contributed by atoms with Crippen molar-refractivity contribution in [3.8, 4) is 0 Å². The second-order valence-electron chi connectivity index (χ2n) is 5.46. The summed E-state index contributed by atoms with van der Waals surface area (Å²) in [5, 5.41) is 10.8. The number of rotatable bonds is 2. The zero-order chi connectivity index (χ0) is 17.4. The topological polar surface area (TPSA) is 96.2 Å². The van der Waals surface area contributed by atoms with Gasteiger partial charge in [0.05, 0.1) is 0 Å². The molecule has 0 radical (unpaired) electrons. The van der Waals surface area contributed by atoms with Crippen LogP contribution in [0.1, 0.15) is 11.3 Å². The van der Waals surface area contributed by atoms with E-state index in [1.807, 2.05) is 6.07 Å². The van der Waals surface area contributed by atoms with Crippen LogP contribution in [0.25, 0.3) is 33.8 Å². The fourth-order valence-corrected chi connectivity index (χ4v) is 2.63. The monoisotopic (exact) mass is 332 g/mol. The summed E-state index contributed by atoms with van der Waals surface area (Å²) >= 11 is 0. The average molecular weight is 332 g/mol. The lowest BCUT2D eigenvalue weighted by atomic mass is 10.1. The van der Waals surface area contributed by atoms with E-state index in [4.69, 9.17) is 4.42 Å². The summed E-state index contributed by atoms with van der Waals surface area (Å²) < 4.78 is 5.19. The average Bonchev–Trinajstić information content (AvgIpc) is 2.64. The minimum atomic E-state index is -0.666. The van der Waals surface area contributed by atoms with E-state index in [0.29, 0.717) is 22.0 Å². The van der Waals surface area contributed by atoms with Crippen LogP contribution in [0.4, 0.5) is 0 Å². The van der Waals surface area contributed by atoms with Crippen LogP contribution < -0.4 is 11.2 Å². The molecular formula is C19H12N2O4. The molecule has 122 valence electrons. The number of nitrogens with zero attached hydrogens (tertiary/aromatic N) is 1. The number of hydrogen-bond donors (Lipinski definition) is 2. The lowest BCUT2D eigenvalue weighted by molar-refractivity contribution is 0.515. The van der Waals surface area contributed by atoms with E-state index < -0.39 is 11.2 Å². The molecular weight excluding hydrogens is 320 g/mol. The SMILES string of the molecule is O=c1[nH]c2c(=O)oc3ccccc3c2nc1C=C(O)c1ccccc1. The Bertz CT molecular complexity index is 1240. The van der Waals surface area contributed by atoms with Crippen LogP contribution >= 0.6 is 0 Å². The van der Waals surface area contributed by atoms with Gasteiger partial charge in [0.2, 0.25) is 0 Å². The molecule has 25 heavy (non-hydrogen) atoms. The van der Waals surface area contributed by atoms with E-state index in [0.717, 1.165) is 0 Å². The van der Waals surface area contributed by atoms with E-state index in [1.165, 1.54) is 6.08 Å². The zero-order valence-electron chi connectivity index (χ0n) is 12.9. The van der Waals surface area contributed by atoms with Crippen LogP contribution in [0.3, 0.4) is 0 Å². The third kappa shape index (κ3) is 2.59. The molecule has 0 aliphatic rings. The minimum Gasteiger partial charge on any atom is -0.507 e. The first-order valence-corrected chi connectivity index (χ1v) is 7.55. The second kappa shape index (κ2) is 5.76. The molecule has 0 fully saturated rings. The lowest BCUT2D eigenvalue weighted by Crippen LogP contribution is -2.16. The van der Waals surface area contributed by atoms with Gasteiger partial charge in [0.25, 0.3) is 5.56 Å². The maximum atomic E-state index is 12.2. The van der Waals surface area contributed by atoms with Crippen molar-refractivity contribution in [2.75, 3.05) is 0 Å². The van der Waals surface area contributed by atoms with Gasteiger partial charge in [-0.25, -0.2) is 9.78 Å². The van der Waals surface area contributed by atoms with Gasteiger partial charge in [0.15, 0.2) is 5.52 Å². The quantitative estimate of drug-likeness (QED) is 0.334. The van der Waals surface area contributed by atoms with Crippen LogP contribution in [-0.2, 0) is 0 Å². The van der Waals surface area contributed by atoms with Gasteiger partial charge in [-0.05, 0) is 12.1 Å². The predicted molar refractivity (Wildman–Crippen MR) is 95.3 cm³/mol. The molecule has 4 aromatic rings. The number of aliphatic hydroxyl groups excluding tert-OH is 1. The Morgan fingerprint density at radius 2 is 1.76 bits per heavy atom. The Labute approximate surface area is 140 Å². The van der Waals surface area contributed by atoms with Crippen LogP contribution in [0.5, 0.6) is 0 Å². The Morgan fingerprint density at radius 1 is 1.04 bits per heavy atom. The highest BCUT2D eigenvalue weighted by atomic mass is 16.4. The fraction of sp³-hybridized carbons (Fsp3) is 0. The number of nitrogens with one attached hydrogen (secondary N) is 1. The smallest absolute Gasteiger partial charge is 0.362 e. The van der Waals surface area contributed by atoms with Gasteiger partial charge >= 0.3 is 5.63 Å². The number of aromatic nitrogens is 2. The van der Waals surface area contributed by atoms with Crippen LogP contribution in [0, 0.1) is 0 Å². The van der Waals surface area contributed by atoms with Crippen molar-refractivity contribution in [3.05, 3.63) is 86.6 Å². The van der Waals surface area contributed by atoms with Crippen LogP contribution in [0.2, 0.25) is 0 Å². The van der Waals surface area contributed by atoms with Crippen molar-refractivity contribution in [1.29, 1.82) is 0 Å². The van der Waals surface area contributed by atoms with Gasteiger partial charge in [-0.2, -0.15) is 0 Å². The third-order valence-corrected chi connectivity index (χ3v) is 3.83. The maximum Gasteiger partial charge on any atom is 0.362 e. The summed E-state index contributed by atoms with van der Waals surface area (Å²) in [6.07, 6.45) is 1.27. The third-order valence-electron chi connectivity index (χ3n) is 3.83. The number of aliphatic hydroxyl groups is 1. The summed E-state index contributed by atoms with van der Waals surface area (Å²) in [4.78, 5) is 31.1. The first-order chi connectivity index (χ1) is 12.1. The number of hydrogen-bond acceptors (Lipinski definition) is 5. The van der Waals surface area contributed by atoms with Crippen molar-refractivity contribution in [2.45, 2.75) is 0 Å². The Hall–Kier alpha value is -3.67. The van der Waals surface area contributed by atoms with Crippen LogP contribution in [-0.4, -0.2) is 15.1 Å². The minimum absolute atomic E-state index is 0.0000471. The molecule has 0 unspecified atom stereocenters. The summed E-state index contributed by atoms with van der Waals surface area (Å²) in [5.74, 6) is -0.0924. The largest absolute Gasteiger partial charge is 0.507 e. The normalized spacial score (nSPS) is 11.9. The van der Waals surface area contributed by atoms with E-state index >= 15 is 0 Å². The van der Waals surface area contributed by atoms with Gasteiger partial charge in [-0.15, -0.1) is 0 Å². The van der Waals surface area contributed by atoms with Crippen molar-refractivity contribution in [1.82, 2.24) is 9.97 Å². The molecule has 6 nitrogen and oxygen atoms in total. The molecule has 2 aromatic heterocycles. The number of aromatic amines is 1. The zero-order valence-corrected chi connectivity index (χ0v) is 12.9. The summed E-state index contributed by atoms with van der Waals surface area (Å²) in [5.41, 5.74) is 0.00452. The molecule has 2 N–H and O–H groups in total. The van der Waals surface area contributed by atoms with Crippen LogP contribution in [0.15, 0.2) is 68.6 Å². The summed E-state index contributed by atoms with van der Waals surface area (Å²) in [7, 11) is 0. The molecule has 0 saturated heterocycles. The first kappa shape index (κ1) is 14.9. The molecule has 0 aliphatic carbocycles. The summed E-state index contributed by atoms with van der Waals surface area (Å²) in [6.45, 7) is 0. The molecule has 0 spiro atoms. The summed E-state index contributed by atoms with van der Waals surface area (Å²) in [6, 6.07) is 15.7. The van der Waals surface area contributed by atoms with Gasteiger partial charge in [-0.3, -0.25) is 4.79 Å². The van der Waals surface area contributed by atoms with E-state index in [1.54, 1.807) is 48.5 Å². The highest BCUT2D eigenvalue weighted by Gasteiger charge is 2.12. The standard InChI is InChI=1S/C19H12N2O4/c22-14(11-6-2-1-3-7-11)10-13-18(23)21-17-16(20-13)12-8-4-5-9-15(12)25-19(17)24/h1-10,22H,(H,21,23). The first-order valence-electron chi connectivity index (χ1n) is 7.55. The molecule has 2 heterocycles. The number of fused-ring (bicyclic) bond motifs is 3. The fourth-order valence-electron chi connectivity index (χ4n) is 2.63. The highest BCUT2D eigenvalue weighted by molar-refractivity contribution is 6.00. The molecule has 2 aromatic carbocycles. The molecule has 0 atom stereocenters. The van der Waals surface area contributed by atoms with Crippen molar-refractivity contribution >= 4 is 33.8 Å². The highest BCUT2D eigenvalue weighted by Crippen LogP contribution is 2.20. The molecule has 0 aliphatic heterocycles. The van der Waals surface area contributed by atoms with Crippen molar-refractivity contribution in [2.24, 2.45) is 0 Å². The Balaban J connectivity index is 2.00. The molecule has 0 amide bonds. The van der Waals surface area contributed by atoms with Crippen molar-refractivity contribution in [3.63, 3.8) is 0 Å². The van der Waals surface area contributed by atoms with Gasteiger partial charge < -0.3 is 14.5 Å². The number of para-hydroxylation sites is 1. The van der Waals surface area contributed by atoms with Gasteiger partial charge in [-0.1, -0.05) is 42.5 Å². The predicted octanol–water partition coefficient (Wildman–Crippen LogP) is 3.09. The number of H-pyrrole nitrogens is 1. The van der Waals surface area contributed by atoms with E-state index in [9.17, 15) is 14.7 Å². The molecule has 0 bridgehead atoms. The van der Waals surface area contributed by atoms with Crippen molar-refractivity contribution < 1.29 is 9.52 Å². The molecule has 0 saturated carbocycles. The maximum absolute atomic E-state index is 12.2. The van der Waals surface area contributed by atoms with Gasteiger partial charge in [0.1, 0.15) is 22.6 Å². The Kier molecular flexibility index (Phi) is 3.43. The Morgan fingerprint density at radius 3 is 2.56 bits per heavy atom.